The third-order valence-electron chi connectivity index (χ3n) is 1.74. The number of hydrogen-bond donors (Lipinski definition) is 3. The number of carboxylic acids is 1. The van der Waals surface area contributed by atoms with Crippen molar-refractivity contribution in [1.82, 2.24) is 0 Å². The van der Waals surface area contributed by atoms with Crippen molar-refractivity contribution in [3.8, 4) is 0 Å². The lowest BCUT2D eigenvalue weighted by Gasteiger charge is -1.99. The number of carboxylic acid groups (broad SMARTS) is 1. The van der Waals surface area contributed by atoms with Gasteiger partial charge in [-0.3, -0.25) is 0 Å². The minimum Gasteiger partial charge on any atom is -0.478 e. The number of rotatable bonds is 3. The predicted octanol–water partition coefficient (Wildman–Crippen LogP) is 0.382. The second-order valence-corrected chi connectivity index (χ2v) is 3.11. The zero-order valence-corrected chi connectivity index (χ0v) is 8.71. The molecule has 0 aromatic heterocycles. The van der Waals surface area contributed by atoms with Crippen molar-refractivity contribution in [2.24, 2.45) is 21.7 Å². The quantitative estimate of drug-likeness (QED) is 0.388. The van der Waals surface area contributed by atoms with Gasteiger partial charge in [-0.15, -0.1) is 10.2 Å². The summed E-state index contributed by atoms with van der Waals surface area (Å²) in [7, 11) is 0. The molecular formula is C10H12N4O2. The Balaban J connectivity index is 2.94. The Morgan fingerprint density at radius 3 is 2.06 bits per heavy atom. The zero-order valence-electron chi connectivity index (χ0n) is 8.71. The Morgan fingerprint density at radius 1 is 1.12 bits per heavy atom. The predicted molar refractivity (Wildman–Crippen MR) is 61.4 cm³/mol. The summed E-state index contributed by atoms with van der Waals surface area (Å²) in [6.07, 6.45) is 0. The molecule has 16 heavy (non-hydrogen) atoms. The minimum absolute atomic E-state index is 0.182. The molecule has 0 saturated heterocycles. The summed E-state index contributed by atoms with van der Waals surface area (Å²) < 4.78 is 0. The lowest BCUT2D eigenvalue weighted by atomic mass is 10.1. The maximum atomic E-state index is 10.6. The normalized spacial score (nSPS) is 12.6. The maximum absolute atomic E-state index is 10.6. The average molecular weight is 220 g/mol. The van der Waals surface area contributed by atoms with Crippen LogP contribution >= 0.6 is 0 Å². The van der Waals surface area contributed by atoms with E-state index in [4.69, 9.17) is 16.6 Å². The Kier molecular flexibility index (Phi) is 3.60. The largest absolute Gasteiger partial charge is 0.478 e. The van der Waals surface area contributed by atoms with Crippen LogP contribution in [-0.4, -0.2) is 22.7 Å². The van der Waals surface area contributed by atoms with Crippen molar-refractivity contribution < 1.29 is 9.90 Å². The van der Waals surface area contributed by atoms with E-state index in [1.54, 1.807) is 19.1 Å². The lowest BCUT2D eigenvalue weighted by molar-refractivity contribution is 0.0697. The Hall–Kier alpha value is -2.37. The van der Waals surface area contributed by atoms with Gasteiger partial charge >= 0.3 is 5.97 Å². The highest BCUT2D eigenvalue weighted by Gasteiger charge is 2.03. The van der Waals surface area contributed by atoms with Gasteiger partial charge in [0.15, 0.2) is 5.84 Å². The second kappa shape index (κ2) is 4.92. The van der Waals surface area contributed by atoms with Crippen molar-refractivity contribution in [3.63, 3.8) is 0 Å². The molecule has 0 aliphatic rings. The highest BCUT2D eigenvalue weighted by atomic mass is 16.4. The van der Waals surface area contributed by atoms with Gasteiger partial charge in [0.05, 0.1) is 5.56 Å². The molecule has 0 aliphatic carbocycles. The third-order valence-corrected chi connectivity index (χ3v) is 1.74. The van der Waals surface area contributed by atoms with Gasteiger partial charge in [0.2, 0.25) is 0 Å². The number of nitrogens with two attached hydrogens (primary N) is 2. The Morgan fingerprint density at radius 2 is 1.62 bits per heavy atom. The smallest absolute Gasteiger partial charge is 0.335 e. The summed E-state index contributed by atoms with van der Waals surface area (Å²) in [5.74, 6) is -0.510. The van der Waals surface area contributed by atoms with Gasteiger partial charge in [-0.05, 0) is 19.1 Å². The van der Waals surface area contributed by atoms with Gasteiger partial charge in [-0.25, -0.2) is 4.79 Å². The van der Waals surface area contributed by atoms with Crippen molar-refractivity contribution in [2.75, 3.05) is 0 Å². The van der Waals surface area contributed by atoms with Crippen LogP contribution in [0.15, 0.2) is 34.5 Å². The van der Waals surface area contributed by atoms with E-state index in [-0.39, 0.29) is 11.4 Å². The van der Waals surface area contributed by atoms with Crippen molar-refractivity contribution in [2.45, 2.75) is 6.92 Å². The van der Waals surface area contributed by atoms with Crippen LogP contribution in [0.5, 0.6) is 0 Å². The van der Waals surface area contributed by atoms with E-state index < -0.39 is 5.97 Å². The fourth-order valence-electron chi connectivity index (χ4n) is 0.974. The van der Waals surface area contributed by atoms with Gasteiger partial charge in [-0.2, -0.15) is 0 Å². The molecule has 0 amide bonds. The summed E-state index contributed by atoms with van der Waals surface area (Å²) in [6, 6.07) is 6.01. The van der Waals surface area contributed by atoms with Gasteiger partial charge in [0.25, 0.3) is 0 Å². The lowest BCUT2D eigenvalue weighted by Crippen LogP contribution is -2.14. The second-order valence-electron chi connectivity index (χ2n) is 3.11. The standard InChI is InChI=1S/C10H12N4O2/c1-6(11)13-14-9(12)7-2-4-8(5-3-7)10(15)16/h2-5H,1H3,(H2,11,13)(H2,12,14)(H,15,16). The highest BCUT2D eigenvalue weighted by Crippen LogP contribution is 2.04. The fraction of sp³-hybridized carbons (Fsp3) is 0.100. The molecule has 0 saturated carbocycles. The zero-order chi connectivity index (χ0) is 12.1. The number of nitrogens with zero attached hydrogens (tertiary/aromatic N) is 2. The number of aromatic carboxylic acids is 1. The molecule has 0 fully saturated rings. The summed E-state index contributed by atoms with van der Waals surface area (Å²) in [5.41, 5.74) is 11.7. The van der Waals surface area contributed by atoms with Gasteiger partial charge < -0.3 is 16.6 Å². The SMILES string of the molecule is C/C(N)=N/N=C(\N)c1ccc(C(=O)O)cc1. The molecule has 0 bridgehead atoms. The molecule has 0 aliphatic heterocycles. The molecule has 5 N–H and O–H groups in total. The average Bonchev–Trinajstić information content (AvgIpc) is 2.26. The molecular weight excluding hydrogens is 208 g/mol. The Labute approximate surface area is 92.3 Å². The summed E-state index contributed by atoms with van der Waals surface area (Å²) >= 11 is 0. The van der Waals surface area contributed by atoms with Gasteiger partial charge in [0, 0.05) is 5.56 Å². The van der Waals surface area contributed by atoms with Crippen molar-refractivity contribution in [3.05, 3.63) is 35.4 Å². The summed E-state index contributed by atoms with van der Waals surface area (Å²) in [6.45, 7) is 1.59. The van der Waals surface area contributed by atoms with Crippen LogP contribution in [0.3, 0.4) is 0 Å². The number of amidine groups is 2. The van der Waals surface area contributed by atoms with Gasteiger partial charge in [-0.1, -0.05) is 12.1 Å². The first-order chi connectivity index (χ1) is 7.50. The molecule has 6 nitrogen and oxygen atoms in total. The molecule has 6 heteroatoms. The van der Waals surface area contributed by atoms with Crippen LogP contribution in [0.4, 0.5) is 0 Å². The number of hydrogen-bond acceptors (Lipinski definition) is 3. The topological polar surface area (TPSA) is 114 Å². The monoisotopic (exact) mass is 220 g/mol. The van der Waals surface area contributed by atoms with Gasteiger partial charge in [0.1, 0.15) is 5.84 Å². The maximum Gasteiger partial charge on any atom is 0.335 e. The van der Waals surface area contributed by atoms with Crippen molar-refractivity contribution in [1.29, 1.82) is 0 Å². The van der Waals surface area contributed by atoms with E-state index in [0.717, 1.165) is 0 Å². The third kappa shape index (κ3) is 3.09. The fourth-order valence-corrected chi connectivity index (χ4v) is 0.974. The number of carbonyl (C=O) groups is 1. The number of benzene rings is 1. The molecule has 1 rings (SSSR count). The van der Waals surface area contributed by atoms with Crippen LogP contribution in [0.2, 0.25) is 0 Å². The first-order valence-corrected chi connectivity index (χ1v) is 4.47. The summed E-state index contributed by atoms with van der Waals surface area (Å²) in [5, 5.41) is 16.0. The Bertz CT molecular complexity index is 444. The molecule has 0 radical (unpaired) electrons. The van der Waals surface area contributed by atoms with Crippen LogP contribution in [0, 0.1) is 0 Å². The molecule has 0 unspecified atom stereocenters. The van der Waals surface area contributed by atoms with E-state index in [1.807, 2.05) is 0 Å². The molecule has 1 aromatic rings. The molecule has 0 heterocycles. The van der Waals surface area contributed by atoms with E-state index >= 15 is 0 Å². The van der Waals surface area contributed by atoms with Crippen LogP contribution in [0.1, 0.15) is 22.8 Å². The first-order valence-electron chi connectivity index (χ1n) is 4.47. The molecule has 84 valence electrons. The first kappa shape index (κ1) is 11.7. The molecule has 0 spiro atoms. The van der Waals surface area contributed by atoms with Crippen molar-refractivity contribution >= 4 is 17.6 Å². The molecule has 1 aromatic carbocycles. The highest BCUT2D eigenvalue weighted by molar-refractivity contribution is 5.98. The van der Waals surface area contributed by atoms with Crippen LogP contribution < -0.4 is 11.5 Å². The van der Waals surface area contributed by atoms with E-state index in [0.29, 0.717) is 11.4 Å². The van der Waals surface area contributed by atoms with Crippen LogP contribution in [0.25, 0.3) is 0 Å². The minimum atomic E-state index is -0.988. The van der Waals surface area contributed by atoms with Crippen LogP contribution in [-0.2, 0) is 0 Å². The van der Waals surface area contributed by atoms with E-state index in [9.17, 15) is 4.79 Å². The van der Waals surface area contributed by atoms with E-state index in [1.165, 1.54) is 12.1 Å². The van der Waals surface area contributed by atoms with E-state index in [2.05, 4.69) is 10.2 Å². The summed E-state index contributed by atoms with van der Waals surface area (Å²) in [4.78, 5) is 10.6. The molecule has 0 atom stereocenters.